The highest BCUT2D eigenvalue weighted by Crippen LogP contribution is 2.28. The van der Waals surface area contributed by atoms with Gasteiger partial charge in [0.25, 0.3) is 0 Å². The number of aromatic nitrogens is 2. The van der Waals surface area contributed by atoms with Crippen molar-refractivity contribution in [1.29, 1.82) is 0 Å². The van der Waals surface area contributed by atoms with E-state index in [1.165, 1.54) is 21.9 Å². The van der Waals surface area contributed by atoms with Crippen LogP contribution in [0, 0.1) is 0 Å². The maximum absolute atomic E-state index is 13.0. The average molecular weight is 344 g/mol. The van der Waals surface area contributed by atoms with Crippen molar-refractivity contribution in [2.75, 3.05) is 12.3 Å². The number of hydrogen-bond acceptors (Lipinski definition) is 5. The molecule has 2 aromatic rings. The van der Waals surface area contributed by atoms with E-state index in [0.717, 1.165) is 24.8 Å². The number of anilines is 1. The van der Waals surface area contributed by atoms with Crippen molar-refractivity contribution in [3.05, 3.63) is 46.8 Å². The van der Waals surface area contributed by atoms with Gasteiger partial charge in [-0.2, -0.15) is 4.31 Å². The summed E-state index contributed by atoms with van der Waals surface area (Å²) < 4.78 is 27.5. The van der Waals surface area contributed by atoms with Crippen molar-refractivity contribution < 1.29 is 8.42 Å². The number of nitrogen functional groups attached to an aromatic ring is 1. The van der Waals surface area contributed by atoms with E-state index in [0.29, 0.717) is 23.6 Å². The lowest BCUT2D eigenvalue weighted by molar-refractivity contribution is 0.385. The summed E-state index contributed by atoms with van der Waals surface area (Å²) in [5.41, 5.74) is 9.77. The molecule has 2 aliphatic rings. The van der Waals surface area contributed by atoms with Gasteiger partial charge in [-0.3, -0.25) is 0 Å². The van der Waals surface area contributed by atoms with E-state index in [1.54, 1.807) is 12.3 Å². The molecule has 126 valence electrons. The van der Waals surface area contributed by atoms with E-state index in [9.17, 15) is 8.42 Å². The molecule has 0 radical (unpaired) electrons. The highest BCUT2D eigenvalue weighted by Gasteiger charge is 2.30. The van der Waals surface area contributed by atoms with Gasteiger partial charge in [0.05, 0.1) is 17.1 Å². The number of aryl methyl sites for hydroxylation is 2. The summed E-state index contributed by atoms with van der Waals surface area (Å²) in [6.45, 7) is 0.696. The van der Waals surface area contributed by atoms with Gasteiger partial charge in [-0.25, -0.2) is 18.4 Å². The fourth-order valence-corrected chi connectivity index (χ4v) is 4.97. The van der Waals surface area contributed by atoms with Crippen molar-refractivity contribution in [3.63, 3.8) is 0 Å². The van der Waals surface area contributed by atoms with E-state index in [1.807, 2.05) is 12.1 Å². The van der Waals surface area contributed by atoms with Crippen LogP contribution >= 0.6 is 0 Å². The Morgan fingerprint density at radius 2 is 1.83 bits per heavy atom. The van der Waals surface area contributed by atoms with Crippen molar-refractivity contribution in [2.24, 2.45) is 0 Å². The van der Waals surface area contributed by atoms with E-state index in [-0.39, 0.29) is 12.5 Å². The Bertz CT molecular complexity index is 895. The summed E-state index contributed by atoms with van der Waals surface area (Å²) in [6.07, 6.45) is 6.63. The monoisotopic (exact) mass is 344 g/mol. The molecule has 1 aliphatic carbocycles. The predicted octanol–water partition coefficient (Wildman–Crippen LogP) is 1.68. The van der Waals surface area contributed by atoms with Crippen molar-refractivity contribution in [2.45, 2.75) is 43.5 Å². The summed E-state index contributed by atoms with van der Waals surface area (Å²) in [6, 6.07) is 5.57. The third-order valence-electron chi connectivity index (χ3n) is 4.89. The molecular weight excluding hydrogens is 324 g/mol. The first kappa shape index (κ1) is 15.5. The second-order valence-electron chi connectivity index (χ2n) is 6.43. The van der Waals surface area contributed by atoms with Gasteiger partial charge in [-0.1, -0.05) is 6.07 Å². The van der Waals surface area contributed by atoms with Crippen LogP contribution in [0.1, 0.15) is 35.2 Å². The Morgan fingerprint density at radius 3 is 2.67 bits per heavy atom. The topological polar surface area (TPSA) is 89.2 Å². The lowest BCUT2D eigenvalue weighted by Gasteiger charge is -2.27. The van der Waals surface area contributed by atoms with Crippen LogP contribution in [-0.4, -0.2) is 29.2 Å². The number of fused-ring (bicyclic) bond motifs is 2. The van der Waals surface area contributed by atoms with Crippen LogP contribution in [0.25, 0.3) is 0 Å². The third kappa shape index (κ3) is 2.67. The number of benzene rings is 1. The van der Waals surface area contributed by atoms with Crippen LogP contribution in [0.5, 0.6) is 0 Å². The molecule has 2 N–H and O–H groups in total. The fraction of sp³-hybridized carbons (Fsp3) is 0.412. The number of sulfonamides is 1. The fourth-order valence-electron chi connectivity index (χ4n) is 3.52. The maximum Gasteiger partial charge on any atom is 0.243 e. The minimum absolute atomic E-state index is 0.182. The lowest BCUT2D eigenvalue weighted by Crippen LogP contribution is -2.36. The standard InChI is InChI=1S/C17H20N4O2S/c18-17-19-10-14-7-8-21(11-16(14)20-17)24(22,23)15-6-5-12-3-1-2-4-13(12)9-15/h5-6,9-10H,1-4,7-8,11H2,(H2,18,19,20). The van der Waals surface area contributed by atoms with Gasteiger partial charge in [0.2, 0.25) is 16.0 Å². The normalized spacial score (nSPS) is 18.0. The maximum atomic E-state index is 13.0. The molecule has 1 aromatic heterocycles. The van der Waals surface area contributed by atoms with Gasteiger partial charge >= 0.3 is 0 Å². The molecule has 0 amide bonds. The third-order valence-corrected chi connectivity index (χ3v) is 6.73. The molecular formula is C17H20N4O2S. The predicted molar refractivity (Wildman–Crippen MR) is 90.8 cm³/mol. The van der Waals surface area contributed by atoms with E-state index < -0.39 is 10.0 Å². The first-order valence-corrected chi connectivity index (χ1v) is 9.70. The van der Waals surface area contributed by atoms with E-state index >= 15 is 0 Å². The lowest BCUT2D eigenvalue weighted by atomic mass is 9.92. The molecule has 24 heavy (non-hydrogen) atoms. The molecule has 1 aromatic carbocycles. The molecule has 0 unspecified atom stereocenters. The SMILES string of the molecule is Nc1ncc2c(n1)CN(S(=O)(=O)c1ccc3c(c1)CCCC3)CC2. The van der Waals surface area contributed by atoms with Crippen LogP contribution in [0.15, 0.2) is 29.3 Å². The Labute approximate surface area is 141 Å². The van der Waals surface area contributed by atoms with E-state index in [2.05, 4.69) is 9.97 Å². The quantitative estimate of drug-likeness (QED) is 0.895. The van der Waals surface area contributed by atoms with Gasteiger partial charge in [0.1, 0.15) is 0 Å². The highest BCUT2D eigenvalue weighted by atomic mass is 32.2. The number of nitrogens with zero attached hydrogens (tertiary/aromatic N) is 3. The molecule has 0 saturated carbocycles. The molecule has 0 saturated heterocycles. The Kier molecular flexibility index (Phi) is 3.77. The summed E-state index contributed by atoms with van der Waals surface area (Å²) in [4.78, 5) is 8.57. The van der Waals surface area contributed by atoms with Crippen LogP contribution in [0.4, 0.5) is 5.95 Å². The number of hydrogen-bond donors (Lipinski definition) is 1. The minimum atomic E-state index is -3.52. The Balaban J connectivity index is 1.66. The molecule has 1 aliphatic heterocycles. The number of nitrogens with two attached hydrogens (primary N) is 1. The second kappa shape index (κ2) is 5.82. The zero-order chi connectivity index (χ0) is 16.7. The van der Waals surface area contributed by atoms with Crippen LogP contribution in [-0.2, 0) is 35.8 Å². The molecule has 6 nitrogen and oxygen atoms in total. The molecule has 0 bridgehead atoms. The van der Waals surface area contributed by atoms with Crippen LogP contribution in [0.3, 0.4) is 0 Å². The van der Waals surface area contributed by atoms with Crippen molar-refractivity contribution in [3.8, 4) is 0 Å². The molecule has 0 fully saturated rings. The zero-order valence-corrected chi connectivity index (χ0v) is 14.2. The number of rotatable bonds is 2. The summed E-state index contributed by atoms with van der Waals surface area (Å²) in [5, 5.41) is 0. The summed E-state index contributed by atoms with van der Waals surface area (Å²) in [7, 11) is -3.52. The zero-order valence-electron chi connectivity index (χ0n) is 13.4. The smallest absolute Gasteiger partial charge is 0.243 e. The Hall–Kier alpha value is -1.99. The molecule has 4 rings (SSSR count). The van der Waals surface area contributed by atoms with Crippen molar-refractivity contribution in [1.82, 2.24) is 14.3 Å². The first-order chi connectivity index (χ1) is 11.5. The average Bonchev–Trinajstić information content (AvgIpc) is 2.60. The largest absolute Gasteiger partial charge is 0.368 e. The summed E-state index contributed by atoms with van der Waals surface area (Å²) in [5.74, 6) is 0.182. The van der Waals surface area contributed by atoms with Crippen LogP contribution in [0.2, 0.25) is 0 Å². The van der Waals surface area contributed by atoms with Crippen LogP contribution < -0.4 is 5.73 Å². The van der Waals surface area contributed by atoms with Gasteiger partial charge in [-0.15, -0.1) is 0 Å². The van der Waals surface area contributed by atoms with Crippen molar-refractivity contribution >= 4 is 16.0 Å². The highest BCUT2D eigenvalue weighted by molar-refractivity contribution is 7.89. The molecule has 2 heterocycles. The minimum Gasteiger partial charge on any atom is -0.368 e. The summed E-state index contributed by atoms with van der Waals surface area (Å²) >= 11 is 0. The van der Waals surface area contributed by atoms with E-state index in [4.69, 9.17) is 5.73 Å². The first-order valence-electron chi connectivity index (χ1n) is 8.26. The Morgan fingerprint density at radius 1 is 1.04 bits per heavy atom. The van der Waals surface area contributed by atoms with Gasteiger partial charge in [0.15, 0.2) is 0 Å². The molecule has 7 heteroatoms. The van der Waals surface area contributed by atoms with Gasteiger partial charge < -0.3 is 5.73 Å². The molecule has 0 atom stereocenters. The van der Waals surface area contributed by atoms with Gasteiger partial charge in [0, 0.05) is 12.7 Å². The molecule has 0 spiro atoms. The second-order valence-corrected chi connectivity index (χ2v) is 8.36. The van der Waals surface area contributed by atoms with Gasteiger partial charge in [-0.05, 0) is 60.9 Å².